The van der Waals surface area contributed by atoms with Crippen molar-refractivity contribution in [2.45, 2.75) is 31.6 Å². The normalized spacial score (nSPS) is 17.3. The average molecular weight is 212 g/mol. The second-order valence-corrected chi connectivity index (χ2v) is 4.13. The average Bonchev–Trinajstić information content (AvgIpc) is 2.69. The largest absolute Gasteiger partial charge is 0.481 e. The molecule has 2 rings (SSSR count). The topological polar surface area (TPSA) is 22.1 Å². The third-order valence-corrected chi connectivity index (χ3v) is 3.02. The Balaban J connectivity index is 2.27. The van der Waals surface area contributed by atoms with Crippen LogP contribution in [0, 0.1) is 0 Å². The van der Waals surface area contributed by atoms with Crippen LogP contribution in [-0.4, -0.2) is 12.1 Å². The minimum atomic E-state index is 0.534. The lowest BCUT2D eigenvalue weighted by molar-refractivity contribution is 0.397. The second-order valence-electron chi connectivity index (χ2n) is 3.75. The highest BCUT2D eigenvalue weighted by molar-refractivity contribution is 6.29. The Morgan fingerprint density at radius 1 is 1.36 bits per heavy atom. The molecule has 2 nitrogen and oxygen atoms in total. The molecule has 76 valence electrons. The van der Waals surface area contributed by atoms with Crippen LogP contribution < -0.4 is 4.74 Å². The molecule has 3 heteroatoms. The maximum atomic E-state index is 5.92. The summed E-state index contributed by atoms with van der Waals surface area (Å²) < 4.78 is 5.10. The summed E-state index contributed by atoms with van der Waals surface area (Å²) in [6, 6.07) is 3.96. The fraction of sp³-hybridized carbons (Fsp3) is 0.545. The van der Waals surface area contributed by atoms with Gasteiger partial charge in [0.05, 0.1) is 7.11 Å². The van der Waals surface area contributed by atoms with Gasteiger partial charge in [-0.25, -0.2) is 4.98 Å². The third kappa shape index (κ3) is 2.01. The van der Waals surface area contributed by atoms with Crippen molar-refractivity contribution in [3.63, 3.8) is 0 Å². The van der Waals surface area contributed by atoms with Gasteiger partial charge in [-0.15, -0.1) is 0 Å². The lowest BCUT2D eigenvalue weighted by Crippen LogP contribution is -1.95. The second kappa shape index (κ2) is 4.18. The molecule has 0 saturated heterocycles. The van der Waals surface area contributed by atoms with Crippen molar-refractivity contribution in [3.8, 4) is 5.88 Å². The molecule has 0 N–H and O–H groups in total. The van der Waals surface area contributed by atoms with Crippen molar-refractivity contribution in [2.24, 2.45) is 0 Å². The number of nitrogens with zero attached hydrogens (tertiary/aromatic N) is 1. The van der Waals surface area contributed by atoms with Crippen LogP contribution >= 0.6 is 11.6 Å². The standard InChI is InChI=1S/C11H14ClNO/c1-14-11-7-9(6-10(12)13-11)8-4-2-3-5-8/h6-8H,2-5H2,1H3. The van der Waals surface area contributed by atoms with E-state index in [0.717, 1.165) is 0 Å². The van der Waals surface area contributed by atoms with E-state index in [-0.39, 0.29) is 0 Å². The number of ether oxygens (including phenoxy) is 1. The van der Waals surface area contributed by atoms with Gasteiger partial charge in [0.1, 0.15) is 5.15 Å². The van der Waals surface area contributed by atoms with E-state index < -0.39 is 0 Å². The Kier molecular flexibility index (Phi) is 2.92. The number of hydrogen-bond acceptors (Lipinski definition) is 2. The van der Waals surface area contributed by atoms with E-state index >= 15 is 0 Å². The smallest absolute Gasteiger partial charge is 0.214 e. The third-order valence-electron chi connectivity index (χ3n) is 2.83. The molecule has 1 aromatic rings. The fourth-order valence-electron chi connectivity index (χ4n) is 2.09. The van der Waals surface area contributed by atoms with Crippen LogP contribution in [0.5, 0.6) is 5.88 Å². The SMILES string of the molecule is COc1cc(C2CCCC2)cc(Cl)n1. The molecule has 1 fully saturated rings. The zero-order chi connectivity index (χ0) is 9.97. The maximum absolute atomic E-state index is 5.92. The van der Waals surface area contributed by atoms with Crippen LogP contribution in [0.25, 0.3) is 0 Å². The Bertz CT molecular complexity index is 321. The van der Waals surface area contributed by atoms with Gasteiger partial charge in [-0.1, -0.05) is 24.4 Å². The van der Waals surface area contributed by atoms with Gasteiger partial charge in [0, 0.05) is 6.07 Å². The molecule has 0 radical (unpaired) electrons. The number of pyridine rings is 1. The Morgan fingerprint density at radius 3 is 2.71 bits per heavy atom. The molecule has 0 bridgehead atoms. The Morgan fingerprint density at radius 2 is 2.07 bits per heavy atom. The minimum absolute atomic E-state index is 0.534. The summed E-state index contributed by atoms with van der Waals surface area (Å²) in [6.45, 7) is 0. The first-order valence-corrected chi connectivity index (χ1v) is 5.39. The molecule has 0 amide bonds. The number of hydrogen-bond donors (Lipinski definition) is 0. The van der Waals surface area contributed by atoms with Crippen molar-refractivity contribution < 1.29 is 4.74 Å². The van der Waals surface area contributed by atoms with Gasteiger partial charge < -0.3 is 4.74 Å². The van der Waals surface area contributed by atoms with Crippen LogP contribution in [-0.2, 0) is 0 Å². The van der Waals surface area contributed by atoms with E-state index in [1.807, 2.05) is 12.1 Å². The zero-order valence-electron chi connectivity index (χ0n) is 8.29. The number of rotatable bonds is 2. The lowest BCUT2D eigenvalue weighted by atomic mass is 9.99. The molecule has 1 saturated carbocycles. The van der Waals surface area contributed by atoms with Gasteiger partial charge in [0.2, 0.25) is 5.88 Å². The van der Waals surface area contributed by atoms with E-state index in [2.05, 4.69) is 4.98 Å². The lowest BCUT2D eigenvalue weighted by Gasteiger charge is -2.10. The number of halogens is 1. The van der Waals surface area contributed by atoms with Crippen LogP contribution in [0.1, 0.15) is 37.2 Å². The highest BCUT2D eigenvalue weighted by Crippen LogP contribution is 2.35. The molecular formula is C11H14ClNO. The molecule has 1 aliphatic rings. The molecule has 0 atom stereocenters. The van der Waals surface area contributed by atoms with Crippen LogP contribution in [0.3, 0.4) is 0 Å². The first-order valence-electron chi connectivity index (χ1n) is 5.01. The molecule has 1 heterocycles. The van der Waals surface area contributed by atoms with Gasteiger partial charge in [0.15, 0.2) is 0 Å². The summed E-state index contributed by atoms with van der Waals surface area (Å²) in [5, 5.41) is 0.534. The van der Waals surface area contributed by atoms with E-state index in [1.165, 1.54) is 31.2 Å². The van der Waals surface area contributed by atoms with Gasteiger partial charge in [-0.3, -0.25) is 0 Å². The minimum Gasteiger partial charge on any atom is -0.481 e. The van der Waals surface area contributed by atoms with Gasteiger partial charge in [-0.05, 0) is 30.4 Å². The van der Waals surface area contributed by atoms with Crippen LogP contribution in [0.15, 0.2) is 12.1 Å². The molecule has 1 aromatic heterocycles. The number of aromatic nitrogens is 1. The van der Waals surface area contributed by atoms with E-state index in [1.54, 1.807) is 7.11 Å². The maximum Gasteiger partial charge on any atom is 0.214 e. The van der Waals surface area contributed by atoms with Crippen molar-refractivity contribution >= 4 is 11.6 Å². The van der Waals surface area contributed by atoms with Crippen molar-refractivity contribution in [2.75, 3.05) is 7.11 Å². The number of methoxy groups -OCH3 is 1. The monoisotopic (exact) mass is 211 g/mol. The van der Waals surface area contributed by atoms with Gasteiger partial charge in [-0.2, -0.15) is 0 Å². The Hall–Kier alpha value is -0.760. The molecule has 1 aliphatic carbocycles. The van der Waals surface area contributed by atoms with E-state index in [9.17, 15) is 0 Å². The first-order chi connectivity index (χ1) is 6.79. The molecule has 0 aliphatic heterocycles. The van der Waals surface area contributed by atoms with Crippen LogP contribution in [0.2, 0.25) is 5.15 Å². The molecular weight excluding hydrogens is 198 g/mol. The molecule has 0 spiro atoms. The predicted octanol–water partition coefficient (Wildman–Crippen LogP) is 3.40. The Labute approximate surface area is 89.3 Å². The van der Waals surface area contributed by atoms with Crippen molar-refractivity contribution in [1.82, 2.24) is 4.98 Å². The summed E-state index contributed by atoms with van der Waals surface area (Å²) in [4.78, 5) is 4.07. The highest BCUT2D eigenvalue weighted by atomic mass is 35.5. The quantitative estimate of drug-likeness (QED) is 0.700. The zero-order valence-corrected chi connectivity index (χ0v) is 9.05. The summed E-state index contributed by atoms with van der Waals surface area (Å²) in [5.41, 5.74) is 1.28. The summed E-state index contributed by atoms with van der Waals surface area (Å²) >= 11 is 5.92. The van der Waals surface area contributed by atoms with Crippen LogP contribution in [0.4, 0.5) is 0 Å². The molecule has 14 heavy (non-hydrogen) atoms. The van der Waals surface area contributed by atoms with Gasteiger partial charge in [0.25, 0.3) is 0 Å². The van der Waals surface area contributed by atoms with Crippen molar-refractivity contribution in [1.29, 1.82) is 0 Å². The molecule has 0 unspecified atom stereocenters. The summed E-state index contributed by atoms with van der Waals surface area (Å²) in [6.07, 6.45) is 5.19. The molecule has 0 aromatic carbocycles. The fourth-order valence-corrected chi connectivity index (χ4v) is 2.30. The van der Waals surface area contributed by atoms with Gasteiger partial charge >= 0.3 is 0 Å². The highest BCUT2D eigenvalue weighted by Gasteiger charge is 2.18. The van der Waals surface area contributed by atoms with E-state index in [4.69, 9.17) is 16.3 Å². The van der Waals surface area contributed by atoms with Crippen molar-refractivity contribution in [3.05, 3.63) is 22.8 Å². The predicted molar refractivity (Wildman–Crippen MR) is 57.0 cm³/mol. The summed E-state index contributed by atoms with van der Waals surface area (Å²) in [7, 11) is 1.62. The summed E-state index contributed by atoms with van der Waals surface area (Å²) in [5.74, 6) is 1.28. The first kappa shape index (κ1) is 9.78. The van der Waals surface area contributed by atoms with E-state index in [0.29, 0.717) is 17.0 Å².